The highest BCUT2D eigenvalue weighted by Gasteiger charge is 2.32. The maximum atomic E-state index is 13.2. The third-order valence-electron chi connectivity index (χ3n) is 4.86. The van der Waals surface area contributed by atoms with Gasteiger partial charge in [-0.25, -0.2) is 4.98 Å². The Labute approximate surface area is 167 Å². The zero-order chi connectivity index (χ0) is 18.8. The zero-order valence-corrected chi connectivity index (χ0v) is 17.1. The quantitative estimate of drug-likeness (QED) is 0.580. The smallest absolute Gasteiger partial charge is 0.266 e. The third kappa shape index (κ3) is 3.92. The monoisotopic (exact) mass is 398 g/mol. The average molecular weight is 399 g/mol. The first kappa shape index (κ1) is 18.2. The minimum atomic E-state index is 0.0975. The van der Waals surface area contributed by atoms with Crippen molar-refractivity contribution in [3.05, 3.63) is 67.8 Å². The maximum Gasteiger partial charge on any atom is 0.266 e. The highest BCUT2D eigenvalue weighted by molar-refractivity contribution is 7.13. The Kier molecular flexibility index (Phi) is 5.27. The number of benzene rings is 1. The molecule has 1 aromatic carbocycles. The molecule has 0 aliphatic carbocycles. The number of amides is 1. The fraction of sp³-hybridized carbons (Fsp3) is 0.333. The normalized spacial score (nSPS) is 16.7. The molecule has 0 bridgehead atoms. The maximum absolute atomic E-state index is 13.2. The number of ether oxygens (including phenoxy) is 1. The summed E-state index contributed by atoms with van der Waals surface area (Å²) in [4.78, 5) is 20.5. The Morgan fingerprint density at radius 1 is 1.26 bits per heavy atom. The molecule has 1 fully saturated rings. The molecule has 0 unspecified atom stereocenters. The largest absolute Gasteiger partial charge is 0.486 e. The molecule has 3 heterocycles. The van der Waals surface area contributed by atoms with Gasteiger partial charge < -0.3 is 9.64 Å². The van der Waals surface area contributed by atoms with Gasteiger partial charge in [-0.3, -0.25) is 4.79 Å². The van der Waals surface area contributed by atoms with Crippen LogP contribution in [-0.2, 0) is 6.61 Å². The van der Waals surface area contributed by atoms with Crippen LogP contribution in [0.5, 0.6) is 5.75 Å². The molecular weight excluding hydrogens is 376 g/mol. The lowest BCUT2D eigenvalue weighted by molar-refractivity contribution is 0.0740. The number of rotatable bonds is 5. The number of hydrogen-bond acceptors (Lipinski definition) is 5. The van der Waals surface area contributed by atoms with Crippen LogP contribution < -0.4 is 4.74 Å². The number of hydrogen-bond donors (Lipinski definition) is 0. The molecule has 1 saturated heterocycles. The van der Waals surface area contributed by atoms with Crippen LogP contribution in [-0.4, -0.2) is 22.3 Å². The van der Waals surface area contributed by atoms with Crippen molar-refractivity contribution in [1.82, 2.24) is 9.88 Å². The molecule has 0 spiro atoms. The van der Waals surface area contributed by atoms with Crippen molar-refractivity contribution in [2.45, 2.75) is 39.3 Å². The van der Waals surface area contributed by atoms with Gasteiger partial charge in [-0.05, 0) is 61.2 Å². The van der Waals surface area contributed by atoms with E-state index in [9.17, 15) is 4.79 Å². The lowest BCUT2D eigenvalue weighted by atomic mass is 10.1. The van der Waals surface area contributed by atoms with Crippen molar-refractivity contribution < 1.29 is 9.53 Å². The van der Waals surface area contributed by atoms with E-state index in [1.807, 2.05) is 43.0 Å². The number of nitrogens with zero attached hydrogens (tertiary/aromatic N) is 2. The molecule has 4 nitrogen and oxygen atoms in total. The number of thiazole rings is 1. The number of aromatic nitrogens is 1. The molecule has 1 aliphatic rings. The lowest BCUT2D eigenvalue weighted by Crippen LogP contribution is -2.30. The Balaban J connectivity index is 1.47. The van der Waals surface area contributed by atoms with Gasteiger partial charge in [0.1, 0.15) is 22.2 Å². The van der Waals surface area contributed by atoms with E-state index in [1.165, 1.54) is 22.5 Å². The predicted molar refractivity (Wildman–Crippen MR) is 110 cm³/mol. The Morgan fingerprint density at radius 3 is 2.81 bits per heavy atom. The Bertz CT molecular complexity index is 916. The molecule has 1 aliphatic heterocycles. The number of aryl methyl sites for hydroxylation is 2. The van der Waals surface area contributed by atoms with Crippen molar-refractivity contribution in [3.8, 4) is 5.75 Å². The van der Waals surface area contributed by atoms with E-state index in [-0.39, 0.29) is 11.9 Å². The summed E-state index contributed by atoms with van der Waals surface area (Å²) in [6, 6.07) is 10.3. The average Bonchev–Trinajstić information content (AvgIpc) is 3.41. The van der Waals surface area contributed by atoms with Crippen molar-refractivity contribution in [2.75, 3.05) is 6.54 Å². The van der Waals surface area contributed by atoms with Crippen molar-refractivity contribution in [1.29, 1.82) is 0 Å². The fourth-order valence-corrected chi connectivity index (χ4v) is 5.08. The second-order valence-corrected chi connectivity index (χ2v) is 8.70. The summed E-state index contributed by atoms with van der Waals surface area (Å²) in [7, 11) is 0. The van der Waals surface area contributed by atoms with Gasteiger partial charge in [-0.2, -0.15) is 11.3 Å². The summed E-state index contributed by atoms with van der Waals surface area (Å²) in [6.07, 6.45) is 2.08. The van der Waals surface area contributed by atoms with Gasteiger partial charge in [0.15, 0.2) is 0 Å². The standard InChI is InChI=1S/C21H22N2O2S2/c1-14-5-7-17(8-6-14)25-12-19-22-15(2)20(27-19)21(24)23-10-3-4-18(23)16-9-11-26-13-16/h5-9,11,13,18H,3-4,10,12H2,1-2H3/t18-/m0/s1. The number of likely N-dealkylation sites (tertiary alicyclic amines) is 1. The molecule has 0 radical (unpaired) electrons. The lowest BCUT2D eigenvalue weighted by Gasteiger charge is -2.23. The van der Waals surface area contributed by atoms with Crippen molar-refractivity contribution in [2.24, 2.45) is 0 Å². The van der Waals surface area contributed by atoms with E-state index < -0.39 is 0 Å². The van der Waals surface area contributed by atoms with Crippen LogP contribution in [0.15, 0.2) is 41.1 Å². The first-order chi connectivity index (χ1) is 13.1. The summed E-state index contributed by atoms with van der Waals surface area (Å²) in [5.74, 6) is 0.915. The van der Waals surface area contributed by atoms with Gasteiger partial charge in [0.05, 0.1) is 11.7 Å². The Morgan fingerprint density at radius 2 is 2.07 bits per heavy atom. The molecular formula is C21H22N2O2S2. The van der Waals surface area contributed by atoms with Gasteiger partial charge in [0, 0.05) is 6.54 Å². The fourth-order valence-electron chi connectivity index (χ4n) is 3.44. The molecule has 0 N–H and O–H groups in total. The first-order valence-corrected chi connectivity index (χ1v) is 10.9. The number of carbonyl (C=O) groups is 1. The predicted octanol–water partition coefficient (Wildman–Crippen LogP) is 5.38. The van der Waals surface area contributed by atoms with E-state index >= 15 is 0 Å². The van der Waals surface area contributed by atoms with E-state index in [1.54, 1.807) is 11.3 Å². The van der Waals surface area contributed by atoms with Gasteiger partial charge in [-0.1, -0.05) is 17.7 Å². The highest BCUT2D eigenvalue weighted by atomic mass is 32.1. The van der Waals surface area contributed by atoms with Gasteiger partial charge in [-0.15, -0.1) is 11.3 Å². The van der Waals surface area contributed by atoms with Crippen LogP contribution in [0.2, 0.25) is 0 Å². The van der Waals surface area contributed by atoms with Gasteiger partial charge in [0.2, 0.25) is 0 Å². The summed E-state index contributed by atoms with van der Waals surface area (Å²) >= 11 is 3.14. The molecule has 1 atom stereocenters. The minimum absolute atomic E-state index is 0.0975. The van der Waals surface area contributed by atoms with E-state index in [0.29, 0.717) is 6.61 Å². The van der Waals surface area contributed by atoms with E-state index in [0.717, 1.165) is 40.7 Å². The summed E-state index contributed by atoms with van der Waals surface area (Å²) in [6.45, 7) is 5.16. The van der Waals surface area contributed by atoms with Gasteiger partial charge in [0.25, 0.3) is 5.91 Å². The van der Waals surface area contributed by atoms with Gasteiger partial charge >= 0.3 is 0 Å². The second-order valence-electron chi connectivity index (χ2n) is 6.84. The first-order valence-electron chi connectivity index (χ1n) is 9.10. The van der Waals surface area contributed by atoms with Crippen LogP contribution in [0.4, 0.5) is 0 Å². The number of thiophene rings is 1. The minimum Gasteiger partial charge on any atom is -0.486 e. The van der Waals surface area contributed by atoms with Crippen LogP contribution in [0.25, 0.3) is 0 Å². The zero-order valence-electron chi connectivity index (χ0n) is 15.5. The highest BCUT2D eigenvalue weighted by Crippen LogP contribution is 2.35. The van der Waals surface area contributed by atoms with Crippen LogP contribution in [0.1, 0.15) is 50.4 Å². The van der Waals surface area contributed by atoms with E-state index in [4.69, 9.17) is 4.74 Å². The summed E-state index contributed by atoms with van der Waals surface area (Å²) in [5, 5.41) is 5.06. The van der Waals surface area contributed by atoms with Crippen molar-refractivity contribution in [3.63, 3.8) is 0 Å². The number of carbonyl (C=O) groups excluding carboxylic acids is 1. The molecule has 3 aromatic rings. The molecule has 1 amide bonds. The SMILES string of the molecule is Cc1ccc(OCc2nc(C)c(C(=O)N3CCC[C@H]3c3ccsc3)s2)cc1. The molecule has 140 valence electrons. The van der Waals surface area contributed by atoms with Crippen LogP contribution in [0.3, 0.4) is 0 Å². The molecule has 2 aromatic heterocycles. The topological polar surface area (TPSA) is 42.4 Å². The second kappa shape index (κ2) is 7.82. The third-order valence-corrected chi connectivity index (χ3v) is 6.68. The Hall–Kier alpha value is -2.18. The van der Waals surface area contributed by atoms with E-state index in [2.05, 4.69) is 21.8 Å². The van der Waals surface area contributed by atoms with Crippen LogP contribution >= 0.6 is 22.7 Å². The molecule has 4 rings (SSSR count). The van der Waals surface area contributed by atoms with Crippen LogP contribution in [0, 0.1) is 13.8 Å². The summed E-state index contributed by atoms with van der Waals surface area (Å²) < 4.78 is 5.83. The molecule has 0 saturated carbocycles. The summed E-state index contributed by atoms with van der Waals surface area (Å²) in [5.41, 5.74) is 3.24. The van der Waals surface area contributed by atoms with Crippen molar-refractivity contribution >= 4 is 28.6 Å². The molecule has 6 heteroatoms. The molecule has 27 heavy (non-hydrogen) atoms.